The summed E-state index contributed by atoms with van der Waals surface area (Å²) in [7, 11) is 1.22. The van der Waals surface area contributed by atoms with Gasteiger partial charge in [0.1, 0.15) is 28.8 Å². The van der Waals surface area contributed by atoms with Gasteiger partial charge in [0.25, 0.3) is 0 Å². The number of phenolic OH excluding ortho intramolecular Hbond substituents is 1. The van der Waals surface area contributed by atoms with Crippen LogP contribution >= 0.6 is 11.6 Å². The molecule has 0 bridgehead atoms. The highest BCUT2D eigenvalue weighted by Crippen LogP contribution is 2.33. The molecule has 0 aliphatic heterocycles. The number of anilines is 1. The molecule has 0 saturated heterocycles. The van der Waals surface area contributed by atoms with Gasteiger partial charge in [-0.2, -0.15) is 5.26 Å². The predicted molar refractivity (Wildman–Crippen MR) is 102 cm³/mol. The van der Waals surface area contributed by atoms with Crippen LogP contribution in [0.1, 0.15) is 15.9 Å². The van der Waals surface area contributed by atoms with E-state index in [9.17, 15) is 15.2 Å². The summed E-state index contributed by atoms with van der Waals surface area (Å²) in [5.41, 5.74) is 8.48. The van der Waals surface area contributed by atoms with Crippen LogP contribution in [0.2, 0.25) is 5.02 Å². The first kappa shape index (κ1) is 18.2. The van der Waals surface area contributed by atoms with Crippen molar-refractivity contribution in [2.75, 3.05) is 12.8 Å². The molecule has 3 rings (SSSR count). The minimum absolute atomic E-state index is 0.0117. The number of hydrogen-bond donors (Lipinski definition) is 2. The lowest BCUT2D eigenvalue weighted by Crippen LogP contribution is -2.03. The zero-order valence-corrected chi connectivity index (χ0v) is 15.0. The molecule has 0 amide bonds. The van der Waals surface area contributed by atoms with Crippen LogP contribution in [0.4, 0.5) is 5.82 Å². The van der Waals surface area contributed by atoms with Gasteiger partial charge in [0.2, 0.25) is 0 Å². The first-order valence-electron chi connectivity index (χ1n) is 7.83. The number of halogens is 1. The number of aromatic hydroxyl groups is 1. The van der Waals surface area contributed by atoms with Crippen molar-refractivity contribution in [1.82, 2.24) is 4.98 Å². The lowest BCUT2D eigenvalue weighted by molar-refractivity contribution is 0.0597. The second kappa shape index (κ2) is 7.36. The first-order valence-corrected chi connectivity index (χ1v) is 8.20. The molecule has 0 fully saturated rings. The van der Waals surface area contributed by atoms with Gasteiger partial charge in [0.15, 0.2) is 0 Å². The summed E-state index contributed by atoms with van der Waals surface area (Å²) >= 11 is 5.93. The Morgan fingerprint density at radius 2 is 1.85 bits per heavy atom. The predicted octanol–water partition coefficient (Wildman–Crippen LogP) is 4.02. The van der Waals surface area contributed by atoms with Crippen LogP contribution in [-0.2, 0) is 4.74 Å². The second-order valence-corrected chi connectivity index (χ2v) is 6.09. The van der Waals surface area contributed by atoms with Crippen molar-refractivity contribution in [3.8, 4) is 34.2 Å². The number of nitrogen functional groups attached to an aromatic ring is 1. The van der Waals surface area contributed by atoms with Gasteiger partial charge in [-0.15, -0.1) is 0 Å². The van der Waals surface area contributed by atoms with Gasteiger partial charge < -0.3 is 15.6 Å². The average Bonchev–Trinajstić information content (AvgIpc) is 2.67. The fraction of sp³-hybridized carbons (Fsp3) is 0.0500. The van der Waals surface area contributed by atoms with Gasteiger partial charge in [-0.3, -0.25) is 0 Å². The molecular weight excluding hydrogens is 366 g/mol. The number of carbonyl (C=O) groups excluding carboxylic acids is 1. The van der Waals surface area contributed by atoms with Crippen LogP contribution in [0.3, 0.4) is 0 Å². The second-order valence-electron chi connectivity index (χ2n) is 5.66. The lowest BCUT2D eigenvalue weighted by atomic mass is 9.96. The Morgan fingerprint density at radius 1 is 1.19 bits per heavy atom. The molecule has 0 aliphatic rings. The minimum atomic E-state index is -0.687. The van der Waals surface area contributed by atoms with Crippen LogP contribution in [-0.4, -0.2) is 23.2 Å². The highest BCUT2D eigenvalue weighted by atomic mass is 35.5. The van der Waals surface area contributed by atoms with Crippen molar-refractivity contribution in [3.63, 3.8) is 0 Å². The number of pyridine rings is 1. The zero-order chi connectivity index (χ0) is 19.6. The van der Waals surface area contributed by atoms with Crippen LogP contribution in [0, 0.1) is 11.3 Å². The molecule has 0 aliphatic carbocycles. The van der Waals surface area contributed by atoms with E-state index in [-0.39, 0.29) is 22.7 Å². The molecule has 2 aromatic carbocycles. The van der Waals surface area contributed by atoms with E-state index < -0.39 is 5.97 Å². The fourth-order valence-electron chi connectivity index (χ4n) is 2.66. The first-order chi connectivity index (χ1) is 12.9. The Bertz CT molecular complexity index is 1070. The third-order valence-electron chi connectivity index (χ3n) is 4.01. The smallest absolute Gasteiger partial charge is 0.341 e. The maximum Gasteiger partial charge on any atom is 0.341 e. The van der Waals surface area contributed by atoms with E-state index in [1.165, 1.54) is 19.2 Å². The van der Waals surface area contributed by atoms with Crippen LogP contribution < -0.4 is 5.73 Å². The number of aromatic nitrogens is 1. The number of esters is 1. The molecule has 134 valence electrons. The Hall–Kier alpha value is -3.56. The quantitative estimate of drug-likeness (QED) is 0.665. The summed E-state index contributed by atoms with van der Waals surface area (Å²) in [5, 5.41) is 20.0. The van der Waals surface area contributed by atoms with Crippen molar-refractivity contribution in [3.05, 3.63) is 64.7 Å². The number of benzene rings is 2. The molecule has 3 N–H and O–H groups in total. The molecule has 6 nitrogen and oxygen atoms in total. The summed E-state index contributed by atoms with van der Waals surface area (Å²) in [6.45, 7) is 0. The van der Waals surface area contributed by atoms with E-state index in [1.54, 1.807) is 36.4 Å². The van der Waals surface area contributed by atoms with Gasteiger partial charge in [-0.05, 0) is 35.9 Å². The molecule has 0 unspecified atom stereocenters. The summed E-state index contributed by atoms with van der Waals surface area (Å²) in [4.78, 5) is 16.2. The number of ether oxygens (including phenoxy) is 1. The molecule has 27 heavy (non-hydrogen) atoms. The number of carbonyl (C=O) groups is 1. The van der Waals surface area contributed by atoms with Gasteiger partial charge in [0.05, 0.1) is 12.8 Å². The number of nitrogens with two attached hydrogens (primary N) is 1. The molecule has 0 radical (unpaired) electrons. The van der Waals surface area contributed by atoms with Crippen molar-refractivity contribution in [1.29, 1.82) is 5.26 Å². The molecule has 1 aromatic heterocycles. The topological polar surface area (TPSA) is 109 Å². The minimum Gasteiger partial charge on any atom is -0.507 e. The molecule has 0 spiro atoms. The van der Waals surface area contributed by atoms with E-state index in [4.69, 9.17) is 17.3 Å². The number of nitrogens with zero attached hydrogens (tertiary/aromatic N) is 2. The lowest BCUT2D eigenvalue weighted by Gasteiger charge is -2.12. The average molecular weight is 380 g/mol. The van der Waals surface area contributed by atoms with Crippen molar-refractivity contribution < 1.29 is 14.6 Å². The Morgan fingerprint density at radius 3 is 2.48 bits per heavy atom. The summed E-state index contributed by atoms with van der Waals surface area (Å²) in [6, 6.07) is 15.2. The Kier molecular flexibility index (Phi) is 4.97. The monoisotopic (exact) mass is 379 g/mol. The van der Waals surface area contributed by atoms with E-state index in [1.807, 2.05) is 6.07 Å². The molecule has 0 atom stereocenters. The highest BCUT2D eigenvalue weighted by molar-refractivity contribution is 6.30. The molecular formula is C20H14ClN3O3. The van der Waals surface area contributed by atoms with Crippen LogP contribution in [0.25, 0.3) is 22.4 Å². The normalized spacial score (nSPS) is 10.3. The van der Waals surface area contributed by atoms with E-state index in [0.29, 0.717) is 21.8 Å². The zero-order valence-electron chi connectivity index (χ0n) is 14.2. The number of hydrogen-bond acceptors (Lipinski definition) is 6. The third kappa shape index (κ3) is 3.54. The molecule has 1 heterocycles. The van der Waals surface area contributed by atoms with Gasteiger partial charge in [0, 0.05) is 16.1 Å². The largest absolute Gasteiger partial charge is 0.507 e. The van der Waals surface area contributed by atoms with E-state index in [2.05, 4.69) is 9.72 Å². The van der Waals surface area contributed by atoms with E-state index >= 15 is 0 Å². The molecule has 3 aromatic rings. The van der Waals surface area contributed by atoms with Gasteiger partial charge >= 0.3 is 5.97 Å². The fourth-order valence-corrected chi connectivity index (χ4v) is 2.78. The van der Waals surface area contributed by atoms with Gasteiger partial charge in [-0.25, -0.2) is 9.78 Å². The Labute approximate surface area is 160 Å². The van der Waals surface area contributed by atoms with Gasteiger partial charge in [-0.1, -0.05) is 29.8 Å². The standard InChI is InChI=1S/C20H14ClN3O3/c1-27-20(26)15-8-12(4-7-18(15)25)14-9-17(24-19(23)16(14)10-22)11-2-5-13(21)6-3-11/h2-9,25H,1H3,(H2,23,24). The maximum absolute atomic E-state index is 11.9. The summed E-state index contributed by atoms with van der Waals surface area (Å²) in [6.07, 6.45) is 0. The number of nitriles is 1. The molecule has 7 heteroatoms. The number of phenols is 1. The number of methoxy groups -OCH3 is 1. The summed E-state index contributed by atoms with van der Waals surface area (Å²) in [5.74, 6) is -0.843. The highest BCUT2D eigenvalue weighted by Gasteiger charge is 2.17. The Balaban J connectivity index is 2.22. The molecule has 0 saturated carbocycles. The summed E-state index contributed by atoms with van der Waals surface area (Å²) < 4.78 is 4.68. The maximum atomic E-state index is 11.9. The van der Waals surface area contributed by atoms with Crippen molar-refractivity contribution in [2.24, 2.45) is 0 Å². The van der Waals surface area contributed by atoms with Crippen LogP contribution in [0.15, 0.2) is 48.5 Å². The van der Waals surface area contributed by atoms with Crippen molar-refractivity contribution >= 4 is 23.4 Å². The number of rotatable bonds is 3. The van der Waals surface area contributed by atoms with Crippen LogP contribution in [0.5, 0.6) is 5.75 Å². The SMILES string of the molecule is COC(=O)c1cc(-c2cc(-c3ccc(Cl)cc3)nc(N)c2C#N)ccc1O. The van der Waals surface area contributed by atoms with E-state index in [0.717, 1.165) is 5.56 Å². The van der Waals surface area contributed by atoms with Crippen molar-refractivity contribution in [2.45, 2.75) is 0 Å². The third-order valence-corrected chi connectivity index (χ3v) is 4.26.